The summed E-state index contributed by atoms with van der Waals surface area (Å²) >= 11 is 3.19. The Labute approximate surface area is 131 Å². The lowest BCUT2D eigenvalue weighted by atomic mass is 10.00. The van der Waals surface area contributed by atoms with Crippen LogP contribution >= 0.6 is 15.9 Å². The van der Waals surface area contributed by atoms with Crippen LogP contribution in [0.2, 0.25) is 0 Å². The normalized spacial score (nSPS) is 15.7. The topological polar surface area (TPSA) is 51.5 Å². The molecule has 0 fully saturated rings. The molecule has 1 amide bonds. The van der Waals surface area contributed by atoms with Crippen molar-refractivity contribution in [2.24, 2.45) is 0 Å². The van der Waals surface area contributed by atoms with Gasteiger partial charge in [0.15, 0.2) is 10.4 Å². The molecular weight excluding hydrogens is 334 g/mol. The van der Waals surface area contributed by atoms with Crippen molar-refractivity contribution in [3.05, 3.63) is 58.0 Å². The van der Waals surface area contributed by atoms with E-state index in [1.54, 1.807) is 19.2 Å². The van der Waals surface area contributed by atoms with Crippen LogP contribution in [0.15, 0.2) is 45.5 Å². The van der Waals surface area contributed by atoms with E-state index in [0.29, 0.717) is 17.0 Å². The zero-order valence-corrected chi connectivity index (χ0v) is 13.3. The Balaban J connectivity index is 1.68. The molecule has 0 bridgehead atoms. The molecule has 0 saturated heterocycles. The summed E-state index contributed by atoms with van der Waals surface area (Å²) in [5.41, 5.74) is 2.20. The Kier molecular flexibility index (Phi) is 3.87. The van der Waals surface area contributed by atoms with Crippen LogP contribution in [0.1, 0.15) is 21.7 Å². The van der Waals surface area contributed by atoms with Crippen molar-refractivity contribution in [2.75, 3.05) is 13.7 Å². The van der Waals surface area contributed by atoms with Gasteiger partial charge in [-0.2, -0.15) is 0 Å². The molecule has 5 heteroatoms. The monoisotopic (exact) mass is 349 g/mol. The molecule has 1 aromatic carbocycles. The molecule has 1 N–H and O–H groups in total. The minimum atomic E-state index is -0.372. The number of halogens is 1. The third-order valence-electron chi connectivity index (χ3n) is 3.94. The number of benzene rings is 1. The largest absolute Gasteiger partial charge is 0.444 e. The second-order valence-corrected chi connectivity index (χ2v) is 6.08. The molecule has 4 nitrogen and oxygen atoms in total. The average Bonchev–Trinajstić information content (AvgIpc) is 3.08. The van der Waals surface area contributed by atoms with Crippen molar-refractivity contribution < 1.29 is 13.9 Å². The van der Waals surface area contributed by atoms with Crippen LogP contribution in [-0.2, 0) is 17.6 Å². The minimum absolute atomic E-state index is 0.229. The Bertz CT molecular complexity index is 640. The van der Waals surface area contributed by atoms with Crippen molar-refractivity contribution in [3.63, 3.8) is 0 Å². The number of fused-ring (bicyclic) bond motifs is 1. The summed E-state index contributed by atoms with van der Waals surface area (Å²) in [5.74, 6) is 0.0664. The highest BCUT2D eigenvalue weighted by Gasteiger charge is 2.37. The minimum Gasteiger partial charge on any atom is -0.444 e. The number of methoxy groups -OCH3 is 1. The first kappa shape index (κ1) is 14.4. The van der Waals surface area contributed by atoms with E-state index in [0.717, 1.165) is 12.8 Å². The maximum atomic E-state index is 12.1. The molecule has 0 saturated carbocycles. The zero-order valence-electron chi connectivity index (χ0n) is 11.7. The molecule has 1 aliphatic carbocycles. The molecule has 1 aromatic heterocycles. The lowest BCUT2D eigenvalue weighted by Crippen LogP contribution is -2.45. The maximum absolute atomic E-state index is 12.1. The van der Waals surface area contributed by atoms with Gasteiger partial charge in [-0.05, 0) is 39.2 Å². The van der Waals surface area contributed by atoms with Gasteiger partial charge in [-0.3, -0.25) is 4.79 Å². The molecule has 0 spiro atoms. The van der Waals surface area contributed by atoms with Crippen LogP contribution in [0.5, 0.6) is 0 Å². The number of amides is 1. The summed E-state index contributed by atoms with van der Waals surface area (Å²) in [6.07, 6.45) is 1.61. The molecule has 110 valence electrons. The number of ether oxygens (including phenoxy) is 1. The Morgan fingerprint density at radius 2 is 1.95 bits per heavy atom. The quantitative estimate of drug-likeness (QED) is 0.923. The van der Waals surface area contributed by atoms with E-state index in [2.05, 4.69) is 33.4 Å². The van der Waals surface area contributed by atoms with Gasteiger partial charge in [0.1, 0.15) is 0 Å². The fourth-order valence-corrected chi connectivity index (χ4v) is 3.07. The van der Waals surface area contributed by atoms with Crippen LogP contribution < -0.4 is 5.32 Å². The summed E-state index contributed by atoms with van der Waals surface area (Å²) in [7, 11) is 1.70. The smallest absolute Gasteiger partial charge is 0.287 e. The first-order valence-electron chi connectivity index (χ1n) is 6.77. The Morgan fingerprint density at radius 3 is 2.48 bits per heavy atom. The first-order chi connectivity index (χ1) is 10.1. The maximum Gasteiger partial charge on any atom is 0.287 e. The fraction of sp³-hybridized carbons (Fsp3) is 0.312. The molecule has 0 unspecified atom stereocenters. The number of nitrogens with one attached hydrogen (secondary N) is 1. The van der Waals surface area contributed by atoms with Crippen molar-refractivity contribution in [1.82, 2.24) is 5.32 Å². The lowest BCUT2D eigenvalue weighted by Gasteiger charge is -2.27. The van der Waals surface area contributed by atoms with Gasteiger partial charge in [0.2, 0.25) is 0 Å². The van der Waals surface area contributed by atoms with Gasteiger partial charge in [-0.15, -0.1) is 0 Å². The predicted octanol–water partition coefficient (Wildman–Crippen LogP) is 2.96. The molecule has 0 radical (unpaired) electrons. The molecule has 1 aliphatic rings. The van der Waals surface area contributed by atoms with Crippen LogP contribution in [0, 0.1) is 0 Å². The van der Waals surface area contributed by atoms with E-state index in [9.17, 15) is 4.79 Å². The lowest BCUT2D eigenvalue weighted by molar-refractivity contribution is -0.0000276. The number of hydrogen-bond donors (Lipinski definition) is 1. The summed E-state index contributed by atoms with van der Waals surface area (Å²) in [4.78, 5) is 12.1. The second-order valence-electron chi connectivity index (χ2n) is 5.30. The standard InChI is InChI=1S/C16H16BrNO3/c1-20-16(8-11-4-2-3-5-12(11)9-16)10-18-15(19)13-6-7-14(17)21-13/h2-7H,8-10H2,1H3,(H,18,19). The van der Waals surface area contributed by atoms with Gasteiger partial charge in [0.25, 0.3) is 5.91 Å². The van der Waals surface area contributed by atoms with Crippen molar-refractivity contribution in [2.45, 2.75) is 18.4 Å². The van der Waals surface area contributed by atoms with Crippen LogP contribution in [-0.4, -0.2) is 25.2 Å². The molecule has 0 aliphatic heterocycles. The molecule has 0 atom stereocenters. The van der Waals surface area contributed by atoms with Crippen molar-refractivity contribution in [1.29, 1.82) is 0 Å². The zero-order chi connectivity index (χ0) is 14.9. The third-order valence-corrected chi connectivity index (χ3v) is 4.37. The number of rotatable bonds is 4. The first-order valence-corrected chi connectivity index (χ1v) is 7.57. The summed E-state index contributed by atoms with van der Waals surface area (Å²) in [6.45, 7) is 0.454. The highest BCUT2D eigenvalue weighted by atomic mass is 79.9. The van der Waals surface area contributed by atoms with Crippen LogP contribution in [0.25, 0.3) is 0 Å². The van der Waals surface area contributed by atoms with Gasteiger partial charge in [0.05, 0.1) is 5.60 Å². The van der Waals surface area contributed by atoms with Gasteiger partial charge in [-0.1, -0.05) is 24.3 Å². The van der Waals surface area contributed by atoms with E-state index >= 15 is 0 Å². The summed E-state index contributed by atoms with van der Waals surface area (Å²) in [6, 6.07) is 11.6. The highest BCUT2D eigenvalue weighted by molar-refractivity contribution is 9.10. The van der Waals surface area contributed by atoms with Crippen LogP contribution in [0.3, 0.4) is 0 Å². The van der Waals surface area contributed by atoms with Gasteiger partial charge >= 0.3 is 0 Å². The van der Waals surface area contributed by atoms with Crippen molar-refractivity contribution in [3.8, 4) is 0 Å². The van der Waals surface area contributed by atoms with Gasteiger partial charge in [-0.25, -0.2) is 0 Å². The summed E-state index contributed by atoms with van der Waals surface area (Å²) < 4.78 is 11.5. The fourth-order valence-electron chi connectivity index (χ4n) is 2.77. The predicted molar refractivity (Wildman–Crippen MR) is 82.3 cm³/mol. The van der Waals surface area contributed by atoms with E-state index in [1.165, 1.54) is 11.1 Å². The number of furan rings is 1. The Hall–Kier alpha value is -1.59. The van der Waals surface area contributed by atoms with Gasteiger partial charge < -0.3 is 14.5 Å². The van der Waals surface area contributed by atoms with E-state index in [4.69, 9.17) is 9.15 Å². The number of carbonyl (C=O) groups excluding carboxylic acids is 1. The average molecular weight is 350 g/mol. The van der Waals surface area contributed by atoms with E-state index in [1.807, 2.05) is 12.1 Å². The second kappa shape index (κ2) is 5.66. The third kappa shape index (κ3) is 2.89. The molecule has 2 aromatic rings. The molecule has 1 heterocycles. The number of carbonyl (C=O) groups is 1. The van der Waals surface area contributed by atoms with Crippen molar-refractivity contribution >= 4 is 21.8 Å². The van der Waals surface area contributed by atoms with E-state index < -0.39 is 0 Å². The molecular formula is C16H16BrNO3. The highest BCUT2D eigenvalue weighted by Crippen LogP contribution is 2.32. The Morgan fingerprint density at radius 1 is 1.29 bits per heavy atom. The summed E-state index contributed by atoms with van der Waals surface area (Å²) in [5, 5.41) is 2.90. The van der Waals surface area contributed by atoms with E-state index in [-0.39, 0.29) is 11.5 Å². The molecule has 3 rings (SSSR count). The number of hydrogen-bond acceptors (Lipinski definition) is 3. The van der Waals surface area contributed by atoms with Gasteiger partial charge in [0, 0.05) is 26.5 Å². The van der Waals surface area contributed by atoms with Crippen LogP contribution in [0.4, 0.5) is 0 Å². The SMILES string of the molecule is COC1(CNC(=O)c2ccc(Br)o2)Cc2ccccc2C1. The molecule has 21 heavy (non-hydrogen) atoms.